The van der Waals surface area contributed by atoms with Gasteiger partial charge in [-0.2, -0.15) is 0 Å². The average Bonchev–Trinajstić information content (AvgIpc) is 3.08. The van der Waals surface area contributed by atoms with Gasteiger partial charge in [0.05, 0.1) is 10.8 Å². The number of hydrogen-bond donors (Lipinski definition) is 1. The average molecular weight is 237 g/mol. The van der Waals surface area contributed by atoms with Gasteiger partial charge >= 0.3 is 0 Å². The van der Waals surface area contributed by atoms with E-state index in [1.54, 1.807) is 0 Å². The number of hydrogen-bond acceptors (Lipinski definition) is 2. The zero-order valence-electron chi connectivity index (χ0n) is 9.74. The smallest absolute Gasteiger partial charge is 0.0530 e. The van der Waals surface area contributed by atoms with Gasteiger partial charge in [-0.15, -0.1) is 0 Å². The second kappa shape index (κ2) is 5.60. The normalized spacial score (nSPS) is 17.3. The molecule has 1 fully saturated rings. The molecule has 0 radical (unpaired) electrons. The van der Waals surface area contributed by atoms with Crippen molar-refractivity contribution in [3.63, 3.8) is 0 Å². The molecule has 2 rings (SSSR count). The van der Waals surface area contributed by atoms with Gasteiger partial charge in [-0.3, -0.25) is 4.21 Å². The van der Waals surface area contributed by atoms with Crippen LogP contribution < -0.4 is 5.32 Å². The lowest BCUT2D eigenvalue weighted by atomic mass is 10.2. The first kappa shape index (κ1) is 11.8. The van der Waals surface area contributed by atoms with E-state index < -0.39 is 10.8 Å². The van der Waals surface area contributed by atoms with E-state index in [0.29, 0.717) is 0 Å². The fourth-order valence-corrected chi connectivity index (χ4v) is 2.86. The van der Waals surface area contributed by atoms with Crippen molar-refractivity contribution in [1.29, 1.82) is 0 Å². The Morgan fingerprint density at radius 1 is 1.44 bits per heavy atom. The first-order chi connectivity index (χ1) is 7.75. The van der Waals surface area contributed by atoms with Crippen LogP contribution in [-0.2, 0) is 10.8 Å². The molecule has 1 saturated carbocycles. The summed E-state index contributed by atoms with van der Waals surface area (Å²) < 4.78 is 11.9. The summed E-state index contributed by atoms with van der Waals surface area (Å²) in [4.78, 5) is 0.964. The maximum Gasteiger partial charge on any atom is 0.0530 e. The minimum atomic E-state index is -0.828. The Bertz CT molecular complexity index is 374. The highest BCUT2D eigenvalue weighted by Crippen LogP contribution is 2.18. The lowest BCUT2D eigenvalue weighted by molar-refractivity contribution is 0.657. The van der Waals surface area contributed by atoms with Crippen molar-refractivity contribution in [3.8, 4) is 0 Å². The fraction of sp³-hybridized carbons (Fsp3) is 0.538. The largest absolute Gasteiger partial charge is 0.314 e. The van der Waals surface area contributed by atoms with E-state index in [-0.39, 0.29) is 0 Å². The summed E-state index contributed by atoms with van der Waals surface area (Å²) in [7, 11) is -0.828. The van der Waals surface area contributed by atoms with Crippen molar-refractivity contribution in [2.75, 3.05) is 12.3 Å². The highest BCUT2D eigenvalue weighted by molar-refractivity contribution is 7.85. The third-order valence-corrected chi connectivity index (χ3v) is 4.21. The molecular weight excluding hydrogens is 218 g/mol. The quantitative estimate of drug-likeness (QED) is 0.769. The molecule has 1 aliphatic carbocycles. The summed E-state index contributed by atoms with van der Waals surface area (Å²) >= 11 is 0. The van der Waals surface area contributed by atoms with Gasteiger partial charge in [-0.1, -0.05) is 12.1 Å². The van der Waals surface area contributed by atoms with E-state index in [4.69, 9.17) is 0 Å². The molecule has 88 valence electrons. The third-order valence-electron chi connectivity index (χ3n) is 2.77. The standard InChI is InChI=1S/C13H19NOS/c1-11-4-2-5-13(10-11)16(15)9-3-8-14-12-6-7-12/h2,4-5,10,12,14H,3,6-9H2,1H3. The molecule has 2 nitrogen and oxygen atoms in total. The Morgan fingerprint density at radius 3 is 2.94 bits per heavy atom. The Morgan fingerprint density at radius 2 is 2.25 bits per heavy atom. The third kappa shape index (κ3) is 3.72. The molecule has 1 N–H and O–H groups in total. The van der Waals surface area contributed by atoms with Crippen molar-refractivity contribution >= 4 is 10.8 Å². The zero-order chi connectivity index (χ0) is 11.4. The molecular formula is C13H19NOS. The second-order valence-corrected chi connectivity index (χ2v) is 6.02. The molecule has 1 unspecified atom stereocenters. The monoisotopic (exact) mass is 237 g/mol. The van der Waals surface area contributed by atoms with Crippen LogP contribution in [0.25, 0.3) is 0 Å². The predicted octanol–water partition coefficient (Wildman–Crippen LogP) is 2.24. The lowest BCUT2D eigenvalue weighted by Crippen LogP contribution is -2.19. The summed E-state index contributed by atoms with van der Waals surface area (Å²) in [5.41, 5.74) is 1.18. The molecule has 0 spiro atoms. The topological polar surface area (TPSA) is 29.1 Å². The second-order valence-electron chi connectivity index (χ2n) is 4.45. The van der Waals surface area contributed by atoms with E-state index in [0.717, 1.165) is 29.7 Å². The molecule has 1 aromatic carbocycles. The molecule has 0 heterocycles. The van der Waals surface area contributed by atoms with Gasteiger partial charge < -0.3 is 5.32 Å². The van der Waals surface area contributed by atoms with Crippen LogP contribution in [0.4, 0.5) is 0 Å². The minimum absolute atomic E-state index is 0.757. The van der Waals surface area contributed by atoms with E-state index in [1.165, 1.54) is 18.4 Å². The summed E-state index contributed by atoms with van der Waals surface area (Å²) in [6, 6.07) is 8.75. The van der Waals surface area contributed by atoms with E-state index in [9.17, 15) is 4.21 Å². The van der Waals surface area contributed by atoms with Crippen LogP contribution in [0.2, 0.25) is 0 Å². The van der Waals surface area contributed by atoms with Crippen LogP contribution in [0.1, 0.15) is 24.8 Å². The maximum absolute atomic E-state index is 11.9. The van der Waals surface area contributed by atoms with E-state index in [1.807, 2.05) is 31.2 Å². The first-order valence-electron chi connectivity index (χ1n) is 5.94. The van der Waals surface area contributed by atoms with Crippen LogP contribution >= 0.6 is 0 Å². The highest BCUT2D eigenvalue weighted by atomic mass is 32.2. The van der Waals surface area contributed by atoms with Gasteiger partial charge in [0.15, 0.2) is 0 Å². The van der Waals surface area contributed by atoms with Crippen LogP contribution in [0.15, 0.2) is 29.2 Å². The summed E-state index contributed by atoms with van der Waals surface area (Å²) in [5.74, 6) is 0.767. The predicted molar refractivity (Wildman–Crippen MR) is 68.1 cm³/mol. The van der Waals surface area contributed by atoms with Gasteiger partial charge in [0.25, 0.3) is 0 Å². The van der Waals surface area contributed by atoms with E-state index in [2.05, 4.69) is 5.32 Å². The van der Waals surface area contributed by atoms with Crippen LogP contribution in [0.5, 0.6) is 0 Å². The Hall–Kier alpha value is -0.670. The highest BCUT2D eigenvalue weighted by Gasteiger charge is 2.19. The summed E-state index contributed by atoms with van der Waals surface area (Å²) in [6.45, 7) is 3.04. The van der Waals surface area contributed by atoms with Crippen LogP contribution in [-0.4, -0.2) is 22.5 Å². The van der Waals surface area contributed by atoms with Crippen molar-refractivity contribution in [2.45, 2.75) is 37.1 Å². The zero-order valence-corrected chi connectivity index (χ0v) is 10.6. The molecule has 3 heteroatoms. The summed E-state index contributed by atoms with van der Waals surface area (Å²) in [6.07, 6.45) is 3.64. The molecule has 1 aliphatic rings. The maximum atomic E-state index is 11.9. The van der Waals surface area contributed by atoms with Crippen molar-refractivity contribution in [3.05, 3.63) is 29.8 Å². The molecule has 0 saturated heterocycles. The van der Waals surface area contributed by atoms with Gasteiger partial charge in [0.1, 0.15) is 0 Å². The Kier molecular flexibility index (Phi) is 4.13. The van der Waals surface area contributed by atoms with Crippen molar-refractivity contribution < 1.29 is 4.21 Å². The number of benzene rings is 1. The molecule has 0 bridgehead atoms. The van der Waals surface area contributed by atoms with Gasteiger partial charge in [-0.05, 0) is 50.4 Å². The van der Waals surface area contributed by atoms with Crippen molar-refractivity contribution in [2.24, 2.45) is 0 Å². The molecule has 1 atom stereocenters. The van der Waals surface area contributed by atoms with E-state index >= 15 is 0 Å². The Balaban J connectivity index is 1.73. The number of rotatable bonds is 6. The molecule has 16 heavy (non-hydrogen) atoms. The number of nitrogens with one attached hydrogen (secondary N) is 1. The molecule has 0 aliphatic heterocycles. The minimum Gasteiger partial charge on any atom is -0.314 e. The van der Waals surface area contributed by atoms with Gasteiger partial charge in [-0.25, -0.2) is 0 Å². The fourth-order valence-electron chi connectivity index (χ4n) is 1.67. The first-order valence-corrected chi connectivity index (χ1v) is 7.26. The number of aryl methyl sites for hydroxylation is 1. The van der Waals surface area contributed by atoms with Gasteiger partial charge in [0, 0.05) is 16.7 Å². The SMILES string of the molecule is Cc1cccc(S(=O)CCCNC2CC2)c1. The van der Waals surface area contributed by atoms with Crippen LogP contribution in [0.3, 0.4) is 0 Å². The molecule has 0 amide bonds. The van der Waals surface area contributed by atoms with Crippen molar-refractivity contribution in [1.82, 2.24) is 5.32 Å². The van der Waals surface area contributed by atoms with Crippen LogP contribution in [0, 0.1) is 6.92 Å². The molecule has 0 aromatic heterocycles. The summed E-state index contributed by atoms with van der Waals surface area (Å²) in [5, 5.41) is 3.44. The Labute approximate surface area is 99.9 Å². The van der Waals surface area contributed by atoms with Gasteiger partial charge in [0.2, 0.25) is 0 Å². The lowest BCUT2D eigenvalue weighted by Gasteiger charge is -2.04. The molecule has 1 aromatic rings.